The maximum absolute atomic E-state index is 12.3. The SMILES string of the molecule is CN(Cc1cnn(-c2ccccc2)c1)C(=O)C1CCCN1. The van der Waals surface area contributed by atoms with Crippen LogP contribution in [-0.2, 0) is 11.3 Å². The maximum atomic E-state index is 12.3. The largest absolute Gasteiger partial charge is 0.340 e. The Balaban J connectivity index is 1.65. The molecular weight excluding hydrogens is 264 g/mol. The van der Waals surface area contributed by atoms with Crippen LogP contribution in [0.1, 0.15) is 18.4 Å². The summed E-state index contributed by atoms with van der Waals surface area (Å²) in [5.74, 6) is 0.167. The van der Waals surface area contributed by atoms with Gasteiger partial charge in [0.2, 0.25) is 5.91 Å². The van der Waals surface area contributed by atoms with Crippen LogP contribution in [0.25, 0.3) is 5.69 Å². The molecule has 5 nitrogen and oxygen atoms in total. The maximum Gasteiger partial charge on any atom is 0.239 e. The molecule has 3 rings (SSSR count). The van der Waals surface area contributed by atoms with E-state index in [1.54, 1.807) is 4.90 Å². The zero-order valence-electron chi connectivity index (χ0n) is 12.2. The van der Waals surface area contributed by atoms with Gasteiger partial charge in [0, 0.05) is 25.4 Å². The van der Waals surface area contributed by atoms with Gasteiger partial charge in [0.25, 0.3) is 0 Å². The molecule has 1 atom stereocenters. The molecular formula is C16H20N4O. The molecule has 110 valence electrons. The van der Waals surface area contributed by atoms with Crippen molar-refractivity contribution in [3.05, 3.63) is 48.3 Å². The third kappa shape index (κ3) is 3.13. The van der Waals surface area contributed by atoms with Crippen LogP contribution in [0.5, 0.6) is 0 Å². The van der Waals surface area contributed by atoms with Crippen LogP contribution in [-0.4, -0.2) is 40.2 Å². The summed E-state index contributed by atoms with van der Waals surface area (Å²) in [6.07, 6.45) is 5.81. The van der Waals surface area contributed by atoms with Gasteiger partial charge in [-0.25, -0.2) is 4.68 Å². The Labute approximate surface area is 124 Å². The number of carbonyl (C=O) groups excluding carboxylic acids is 1. The molecule has 1 aromatic heterocycles. The molecule has 1 aliphatic rings. The van der Waals surface area contributed by atoms with Crippen LogP contribution in [0.4, 0.5) is 0 Å². The minimum Gasteiger partial charge on any atom is -0.340 e. The number of para-hydroxylation sites is 1. The summed E-state index contributed by atoms with van der Waals surface area (Å²) >= 11 is 0. The van der Waals surface area contributed by atoms with E-state index in [1.165, 1.54) is 0 Å². The van der Waals surface area contributed by atoms with E-state index in [9.17, 15) is 4.79 Å². The number of likely N-dealkylation sites (N-methyl/N-ethyl adjacent to an activating group) is 1. The first-order chi connectivity index (χ1) is 10.2. The molecule has 1 amide bonds. The highest BCUT2D eigenvalue weighted by atomic mass is 16.2. The van der Waals surface area contributed by atoms with Gasteiger partial charge in [-0.2, -0.15) is 5.10 Å². The predicted molar refractivity (Wildman–Crippen MR) is 81.1 cm³/mol. The van der Waals surface area contributed by atoms with E-state index < -0.39 is 0 Å². The molecule has 1 fully saturated rings. The minimum atomic E-state index is -0.0147. The van der Waals surface area contributed by atoms with Gasteiger partial charge in [0.15, 0.2) is 0 Å². The van der Waals surface area contributed by atoms with Crippen molar-refractivity contribution < 1.29 is 4.79 Å². The Morgan fingerprint density at radius 1 is 1.43 bits per heavy atom. The highest BCUT2D eigenvalue weighted by molar-refractivity contribution is 5.81. The lowest BCUT2D eigenvalue weighted by atomic mass is 10.2. The van der Waals surface area contributed by atoms with E-state index in [0.29, 0.717) is 6.54 Å². The van der Waals surface area contributed by atoms with Crippen LogP contribution >= 0.6 is 0 Å². The molecule has 0 aliphatic carbocycles. The van der Waals surface area contributed by atoms with Gasteiger partial charge < -0.3 is 10.2 Å². The van der Waals surface area contributed by atoms with Crippen molar-refractivity contribution in [2.75, 3.05) is 13.6 Å². The van der Waals surface area contributed by atoms with Crippen LogP contribution in [0.2, 0.25) is 0 Å². The van der Waals surface area contributed by atoms with Gasteiger partial charge in [-0.3, -0.25) is 4.79 Å². The molecule has 1 aromatic carbocycles. The van der Waals surface area contributed by atoms with E-state index in [2.05, 4.69) is 10.4 Å². The molecule has 1 aliphatic heterocycles. The third-order valence-corrected chi connectivity index (χ3v) is 3.81. The predicted octanol–water partition coefficient (Wildman–Crippen LogP) is 1.58. The molecule has 0 radical (unpaired) electrons. The number of hydrogen-bond acceptors (Lipinski definition) is 3. The zero-order valence-corrected chi connectivity index (χ0v) is 12.2. The summed E-state index contributed by atoms with van der Waals surface area (Å²) < 4.78 is 1.83. The van der Waals surface area contributed by atoms with Crippen molar-refractivity contribution in [1.29, 1.82) is 0 Å². The number of carbonyl (C=O) groups is 1. The first-order valence-corrected chi connectivity index (χ1v) is 7.31. The van der Waals surface area contributed by atoms with Gasteiger partial charge in [0.05, 0.1) is 17.9 Å². The van der Waals surface area contributed by atoms with Crippen LogP contribution in [0.15, 0.2) is 42.7 Å². The standard InChI is InChI=1S/C16H20N4O/c1-19(16(21)15-8-5-9-17-15)11-13-10-18-20(12-13)14-6-3-2-4-7-14/h2-4,6-7,10,12,15,17H,5,8-9,11H2,1H3. The van der Waals surface area contributed by atoms with Crippen molar-refractivity contribution in [1.82, 2.24) is 20.0 Å². The average Bonchev–Trinajstić information content (AvgIpc) is 3.19. The van der Waals surface area contributed by atoms with Crippen molar-refractivity contribution in [3.63, 3.8) is 0 Å². The zero-order chi connectivity index (χ0) is 14.7. The van der Waals surface area contributed by atoms with Crippen LogP contribution in [0, 0.1) is 0 Å². The molecule has 0 spiro atoms. The van der Waals surface area contributed by atoms with Gasteiger partial charge in [-0.1, -0.05) is 18.2 Å². The first kappa shape index (κ1) is 13.8. The van der Waals surface area contributed by atoms with Crippen LogP contribution in [0.3, 0.4) is 0 Å². The molecule has 1 N–H and O–H groups in total. The number of aromatic nitrogens is 2. The molecule has 21 heavy (non-hydrogen) atoms. The molecule has 5 heteroatoms. The molecule has 0 saturated carbocycles. The Bertz CT molecular complexity index is 602. The molecule has 1 unspecified atom stereocenters. The summed E-state index contributed by atoms with van der Waals surface area (Å²) in [5.41, 5.74) is 2.06. The van der Waals surface area contributed by atoms with Crippen molar-refractivity contribution in [3.8, 4) is 5.69 Å². The van der Waals surface area contributed by atoms with E-state index >= 15 is 0 Å². The summed E-state index contributed by atoms with van der Waals surface area (Å²) in [4.78, 5) is 14.0. The smallest absolute Gasteiger partial charge is 0.239 e. The number of rotatable bonds is 4. The number of nitrogens with zero attached hydrogens (tertiary/aromatic N) is 3. The quantitative estimate of drug-likeness (QED) is 0.927. The van der Waals surface area contributed by atoms with Crippen molar-refractivity contribution >= 4 is 5.91 Å². The number of hydrogen-bond donors (Lipinski definition) is 1. The highest BCUT2D eigenvalue weighted by Gasteiger charge is 2.25. The lowest BCUT2D eigenvalue weighted by molar-refractivity contribution is -0.132. The fourth-order valence-electron chi connectivity index (χ4n) is 2.68. The second-order valence-electron chi connectivity index (χ2n) is 5.47. The summed E-state index contributed by atoms with van der Waals surface area (Å²) in [5, 5.41) is 7.60. The topological polar surface area (TPSA) is 50.2 Å². The van der Waals surface area contributed by atoms with Crippen molar-refractivity contribution in [2.45, 2.75) is 25.4 Å². The third-order valence-electron chi connectivity index (χ3n) is 3.81. The Hall–Kier alpha value is -2.14. The molecule has 2 heterocycles. The van der Waals surface area contributed by atoms with Gasteiger partial charge in [-0.05, 0) is 31.5 Å². The van der Waals surface area contributed by atoms with Crippen LogP contribution < -0.4 is 5.32 Å². The van der Waals surface area contributed by atoms with E-state index in [-0.39, 0.29) is 11.9 Å². The molecule has 0 bridgehead atoms. The fraction of sp³-hybridized carbons (Fsp3) is 0.375. The lowest BCUT2D eigenvalue weighted by Gasteiger charge is -2.20. The number of amides is 1. The summed E-state index contributed by atoms with van der Waals surface area (Å²) in [6, 6.07) is 9.95. The lowest BCUT2D eigenvalue weighted by Crippen LogP contribution is -2.41. The molecule has 2 aromatic rings. The average molecular weight is 284 g/mol. The number of nitrogens with one attached hydrogen (secondary N) is 1. The monoisotopic (exact) mass is 284 g/mol. The van der Waals surface area contributed by atoms with Gasteiger partial charge in [0.1, 0.15) is 0 Å². The second kappa shape index (κ2) is 6.10. The van der Waals surface area contributed by atoms with E-state index in [1.807, 2.05) is 54.5 Å². The molecule has 1 saturated heterocycles. The normalized spacial score (nSPS) is 17.9. The van der Waals surface area contributed by atoms with Crippen molar-refractivity contribution in [2.24, 2.45) is 0 Å². The Kier molecular flexibility index (Phi) is 4.01. The summed E-state index contributed by atoms with van der Waals surface area (Å²) in [7, 11) is 1.85. The second-order valence-corrected chi connectivity index (χ2v) is 5.47. The number of benzene rings is 1. The fourth-order valence-corrected chi connectivity index (χ4v) is 2.68. The van der Waals surface area contributed by atoms with E-state index in [4.69, 9.17) is 0 Å². The highest BCUT2D eigenvalue weighted by Crippen LogP contribution is 2.12. The Morgan fingerprint density at radius 3 is 2.95 bits per heavy atom. The van der Waals surface area contributed by atoms with Gasteiger partial charge in [-0.15, -0.1) is 0 Å². The Morgan fingerprint density at radius 2 is 2.24 bits per heavy atom. The minimum absolute atomic E-state index is 0.0147. The van der Waals surface area contributed by atoms with E-state index in [0.717, 1.165) is 30.6 Å². The summed E-state index contributed by atoms with van der Waals surface area (Å²) in [6.45, 7) is 1.53. The van der Waals surface area contributed by atoms with Gasteiger partial charge >= 0.3 is 0 Å². The first-order valence-electron chi connectivity index (χ1n) is 7.31.